The molecule has 4 aromatic rings. The van der Waals surface area contributed by atoms with E-state index in [2.05, 4.69) is 0 Å². The van der Waals surface area contributed by atoms with E-state index < -0.39 is 17.8 Å². The zero-order valence-corrected chi connectivity index (χ0v) is 21.7. The SMILES string of the molecule is CCOC(=O)C1=C(c2ccccc2)N=c2s/c(=C\c3ccc(OCC#N)cc3)c(=O)n2[C@H]1c1ccc(F)cc1. The number of hydrogen-bond acceptors (Lipinski definition) is 7. The lowest BCUT2D eigenvalue weighted by atomic mass is 9.93. The third kappa shape index (κ3) is 5.28. The molecule has 0 unspecified atom stereocenters. The van der Waals surface area contributed by atoms with Gasteiger partial charge >= 0.3 is 5.97 Å². The topological polar surface area (TPSA) is 93.7 Å². The van der Waals surface area contributed by atoms with Gasteiger partial charge in [-0.15, -0.1) is 0 Å². The van der Waals surface area contributed by atoms with Crippen LogP contribution >= 0.6 is 11.3 Å². The molecule has 1 aliphatic rings. The summed E-state index contributed by atoms with van der Waals surface area (Å²) < 4.78 is 26.5. The number of nitriles is 1. The highest BCUT2D eigenvalue weighted by atomic mass is 32.1. The summed E-state index contributed by atoms with van der Waals surface area (Å²) in [6.45, 7) is 1.78. The number of rotatable bonds is 7. The second kappa shape index (κ2) is 11.3. The summed E-state index contributed by atoms with van der Waals surface area (Å²) in [7, 11) is 0. The highest BCUT2D eigenvalue weighted by Gasteiger charge is 2.35. The fourth-order valence-electron chi connectivity index (χ4n) is 4.33. The van der Waals surface area contributed by atoms with E-state index in [4.69, 9.17) is 19.7 Å². The number of esters is 1. The number of hydrogen-bond donors (Lipinski definition) is 0. The Bertz CT molecular complexity index is 1770. The molecule has 0 N–H and O–H groups in total. The van der Waals surface area contributed by atoms with E-state index in [1.165, 1.54) is 28.0 Å². The highest BCUT2D eigenvalue weighted by molar-refractivity contribution is 7.07. The molecular weight excluding hydrogens is 517 g/mol. The molecule has 1 aliphatic heterocycles. The number of carbonyl (C=O) groups is 1. The third-order valence-electron chi connectivity index (χ3n) is 6.04. The molecule has 2 heterocycles. The molecule has 0 saturated carbocycles. The monoisotopic (exact) mass is 539 g/mol. The van der Waals surface area contributed by atoms with E-state index in [0.29, 0.717) is 31.9 Å². The van der Waals surface area contributed by atoms with Crippen molar-refractivity contribution in [2.75, 3.05) is 13.2 Å². The molecule has 1 atom stereocenters. The smallest absolute Gasteiger partial charge is 0.338 e. The van der Waals surface area contributed by atoms with Crippen LogP contribution in [0, 0.1) is 17.1 Å². The number of thiazole rings is 1. The minimum Gasteiger partial charge on any atom is -0.479 e. The molecule has 9 heteroatoms. The minimum absolute atomic E-state index is 0.0616. The Morgan fingerprint density at radius 2 is 1.82 bits per heavy atom. The predicted molar refractivity (Wildman–Crippen MR) is 145 cm³/mol. The number of benzene rings is 3. The van der Waals surface area contributed by atoms with E-state index in [9.17, 15) is 14.0 Å². The van der Waals surface area contributed by atoms with Crippen LogP contribution in [0.2, 0.25) is 0 Å². The van der Waals surface area contributed by atoms with Gasteiger partial charge in [-0.25, -0.2) is 14.2 Å². The van der Waals surface area contributed by atoms with Crippen molar-refractivity contribution in [2.24, 2.45) is 4.99 Å². The average molecular weight is 540 g/mol. The van der Waals surface area contributed by atoms with Gasteiger partial charge in [-0.2, -0.15) is 5.26 Å². The van der Waals surface area contributed by atoms with E-state index in [0.717, 1.165) is 5.56 Å². The van der Waals surface area contributed by atoms with Crippen molar-refractivity contribution in [3.8, 4) is 11.8 Å². The molecule has 194 valence electrons. The van der Waals surface area contributed by atoms with Gasteiger partial charge in [0.05, 0.1) is 28.5 Å². The summed E-state index contributed by atoms with van der Waals surface area (Å²) in [5.41, 5.74) is 2.25. The van der Waals surface area contributed by atoms with Gasteiger partial charge in [-0.3, -0.25) is 9.36 Å². The first-order chi connectivity index (χ1) is 19.0. The highest BCUT2D eigenvalue weighted by Crippen LogP contribution is 2.35. The van der Waals surface area contributed by atoms with Crippen molar-refractivity contribution in [1.82, 2.24) is 4.57 Å². The number of aromatic nitrogens is 1. The number of fused-ring (bicyclic) bond motifs is 1. The van der Waals surface area contributed by atoms with Crippen LogP contribution in [-0.2, 0) is 9.53 Å². The maximum atomic E-state index is 13.9. The molecule has 1 aromatic heterocycles. The largest absolute Gasteiger partial charge is 0.479 e. The van der Waals surface area contributed by atoms with E-state index in [1.54, 1.807) is 49.4 Å². The Kier molecular flexibility index (Phi) is 7.48. The van der Waals surface area contributed by atoms with Crippen LogP contribution in [0.4, 0.5) is 4.39 Å². The molecule has 3 aromatic carbocycles. The summed E-state index contributed by atoms with van der Waals surface area (Å²) in [6, 6.07) is 23.0. The summed E-state index contributed by atoms with van der Waals surface area (Å²) >= 11 is 1.20. The molecule has 0 fully saturated rings. The van der Waals surface area contributed by atoms with Crippen molar-refractivity contribution in [3.05, 3.63) is 127 Å². The second-order valence-electron chi connectivity index (χ2n) is 8.50. The van der Waals surface area contributed by atoms with Gasteiger partial charge < -0.3 is 9.47 Å². The lowest BCUT2D eigenvalue weighted by molar-refractivity contribution is -0.138. The van der Waals surface area contributed by atoms with E-state index in [-0.39, 0.29) is 24.3 Å². The van der Waals surface area contributed by atoms with Crippen LogP contribution in [0.15, 0.2) is 94.2 Å². The van der Waals surface area contributed by atoms with Crippen LogP contribution in [0.1, 0.15) is 29.7 Å². The first kappa shape index (κ1) is 25.8. The molecule has 0 aliphatic carbocycles. The zero-order chi connectivity index (χ0) is 27.4. The molecule has 7 nitrogen and oxygen atoms in total. The Morgan fingerprint density at radius 3 is 2.49 bits per heavy atom. The van der Waals surface area contributed by atoms with Crippen LogP contribution in [-0.4, -0.2) is 23.8 Å². The maximum absolute atomic E-state index is 13.9. The average Bonchev–Trinajstić information content (AvgIpc) is 3.27. The Hall–Kier alpha value is -4.81. The van der Waals surface area contributed by atoms with Crippen molar-refractivity contribution in [2.45, 2.75) is 13.0 Å². The van der Waals surface area contributed by atoms with Gasteiger partial charge in [0.2, 0.25) is 0 Å². The van der Waals surface area contributed by atoms with Gasteiger partial charge in [0.1, 0.15) is 17.6 Å². The van der Waals surface area contributed by atoms with Gasteiger partial charge in [0.15, 0.2) is 11.4 Å². The Morgan fingerprint density at radius 1 is 1.10 bits per heavy atom. The van der Waals surface area contributed by atoms with Crippen LogP contribution in [0.3, 0.4) is 0 Å². The number of nitrogens with zero attached hydrogens (tertiary/aromatic N) is 3. The van der Waals surface area contributed by atoms with Gasteiger partial charge in [-0.05, 0) is 48.4 Å². The van der Waals surface area contributed by atoms with Crippen molar-refractivity contribution in [3.63, 3.8) is 0 Å². The molecule has 5 rings (SSSR count). The number of ether oxygens (including phenoxy) is 2. The van der Waals surface area contributed by atoms with E-state index >= 15 is 0 Å². The summed E-state index contributed by atoms with van der Waals surface area (Å²) in [4.78, 5) is 32.4. The van der Waals surface area contributed by atoms with Crippen LogP contribution < -0.4 is 19.6 Å². The molecule has 0 spiro atoms. The Balaban J connectivity index is 1.73. The second-order valence-corrected chi connectivity index (χ2v) is 9.51. The maximum Gasteiger partial charge on any atom is 0.338 e. The fourth-order valence-corrected chi connectivity index (χ4v) is 5.33. The lowest BCUT2D eigenvalue weighted by Gasteiger charge is -2.25. The minimum atomic E-state index is -0.875. The molecule has 0 amide bonds. The van der Waals surface area contributed by atoms with Crippen LogP contribution in [0.5, 0.6) is 5.75 Å². The molecule has 39 heavy (non-hydrogen) atoms. The summed E-state index contributed by atoms with van der Waals surface area (Å²) in [6.07, 6.45) is 1.73. The number of carbonyl (C=O) groups excluding carboxylic acids is 1. The number of halogens is 1. The first-order valence-electron chi connectivity index (χ1n) is 12.1. The standard InChI is InChI=1S/C30H22FN3O4S/c1-2-37-29(36)25-26(20-6-4-3-5-7-20)33-30-34(27(25)21-10-12-22(31)13-11-21)28(35)24(39-30)18-19-8-14-23(15-9-19)38-17-16-32/h3-15,18,27H,2,17H2,1H3/b24-18-/t27-/m0/s1. The van der Waals surface area contributed by atoms with Crippen molar-refractivity contribution in [1.29, 1.82) is 5.26 Å². The molecule has 0 radical (unpaired) electrons. The van der Waals surface area contributed by atoms with Crippen molar-refractivity contribution < 1.29 is 18.7 Å². The molecule has 0 saturated heterocycles. The van der Waals surface area contributed by atoms with Gasteiger partial charge in [0, 0.05) is 5.56 Å². The molecule has 0 bridgehead atoms. The van der Waals surface area contributed by atoms with E-state index in [1.807, 2.05) is 36.4 Å². The first-order valence-corrected chi connectivity index (χ1v) is 13.0. The lowest BCUT2D eigenvalue weighted by Crippen LogP contribution is -2.40. The molecular formula is C30H22FN3O4S. The summed E-state index contributed by atoms with van der Waals surface area (Å²) in [5, 5.41) is 8.70. The van der Waals surface area contributed by atoms with Gasteiger partial charge in [0.25, 0.3) is 5.56 Å². The fraction of sp³-hybridized carbons (Fsp3) is 0.133. The summed E-state index contributed by atoms with van der Waals surface area (Å²) in [5.74, 6) is -0.493. The zero-order valence-electron chi connectivity index (χ0n) is 20.8. The quantitative estimate of drug-likeness (QED) is 0.331. The van der Waals surface area contributed by atoms with Crippen LogP contribution in [0.25, 0.3) is 11.8 Å². The normalized spacial score (nSPS) is 14.8. The van der Waals surface area contributed by atoms with Crippen molar-refractivity contribution >= 4 is 29.1 Å². The van der Waals surface area contributed by atoms with Gasteiger partial charge in [-0.1, -0.05) is 65.9 Å². The Labute approximate surface area is 227 Å². The predicted octanol–water partition coefficient (Wildman–Crippen LogP) is 3.98. The third-order valence-corrected chi connectivity index (χ3v) is 7.02.